The van der Waals surface area contributed by atoms with Crippen LogP contribution in [0.25, 0.3) is 0 Å². The number of amides is 6. The Balaban J connectivity index is 2.07. The van der Waals surface area contributed by atoms with E-state index in [4.69, 9.17) is 11.5 Å². The van der Waals surface area contributed by atoms with Gasteiger partial charge in [0, 0.05) is 12.8 Å². The predicted octanol–water partition coefficient (Wildman–Crippen LogP) is -1.02. The molecule has 0 unspecified atom stereocenters. The summed E-state index contributed by atoms with van der Waals surface area (Å²) in [5, 5.41) is 31.4. The van der Waals surface area contributed by atoms with Crippen LogP contribution in [0.1, 0.15) is 51.2 Å². The first-order valence-electron chi connectivity index (χ1n) is 16.2. The van der Waals surface area contributed by atoms with Gasteiger partial charge in [-0.25, -0.2) is 4.79 Å². The standard InChI is InChI=1S/C34H47N7O9/c1-4-19(2)29(33(48)40-25(34(49)50)14-15-27(36)43)41-32(47)26(17-21-8-6-5-7-9-21)39-28(44)18-37-30(45)20(3)38-31(46)24(35)16-22-10-12-23(42)13-11-22/h5-13,19-20,24-26,29,42H,4,14-18,35H2,1-3H3,(H2,36,43)(H,37,45)(H,38,46)(H,39,44)(H,40,48)(H,41,47)(H,49,50)/t19-,20-,24-,25-,26-,29-/m0/s1. The number of rotatable bonds is 20. The largest absolute Gasteiger partial charge is 0.508 e. The van der Waals surface area contributed by atoms with Gasteiger partial charge in [-0.3, -0.25) is 28.8 Å². The molecule has 272 valence electrons. The van der Waals surface area contributed by atoms with Crippen LogP contribution in [0.5, 0.6) is 5.75 Å². The molecule has 11 N–H and O–H groups in total. The van der Waals surface area contributed by atoms with Crippen molar-refractivity contribution in [2.45, 2.75) is 83.1 Å². The number of nitrogens with two attached hydrogens (primary N) is 2. The second-order valence-electron chi connectivity index (χ2n) is 12.0. The van der Waals surface area contributed by atoms with E-state index < -0.39 is 84.1 Å². The zero-order valence-electron chi connectivity index (χ0n) is 28.3. The Morgan fingerprint density at radius 2 is 1.36 bits per heavy atom. The first-order valence-corrected chi connectivity index (χ1v) is 16.2. The lowest BCUT2D eigenvalue weighted by atomic mass is 9.96. The minimum atomic E-state index is -1.43. The summed E-state index contributed by atoms with van der Waals surface area (Å²) in [6, 6.07) is 9.02. The minimum Gasteiger partial charge on any atom is -0.508 e. The second kappa shape index (κ2) is 20.1. The van der Waals surface area contributed by atoms with E-state index in [-0.39, 0.29) is 31.4 Å². The first kappa shape index (κ1) is 40.7. The summed E-state index contributed by atoms with van der Waals surface area (Å²) in [6.07, 6.45) is 0.0746. The molecule has 6 atom stereocenters. The number of hydrogen-bond donors (Lipinski definition) is 9. The molecular formula is C34H47N7O9. The lowest BCUT2D eigenvalue weighted by molar-refractivity contribution is -0.143. The van der Waals surface area contributed by atoms with Crippen LogP contribution in [0.3, 0.4) is 0 Å². The van der Waals surface area contributed by atoms with E-state index in [2.05, 4.69) is 26.6 Å². The molecule has 0 aliphatic carbocycles. The normalized spacial score (nSPS) is 14.4. The van der Waals surface area contributed by atoms with Crippen LogP contribution in [-0.2, 0) is 46.4 Å². The number of aromatic hydroxyl groups is 1. The topological polar surface area (TPSA) is 272 Å². The predicted molar refractivity (Wildman–Crippen MR) is 182 cm³/mol. The van der Waals surface area contributed by atoms with Gasteiger partial charge >= 0.3 is 5.97 Å². The number of carboxylic acids is 1. The number of hydrogen-bond acceptors (Lipinski definition) is 9. The molecule has 0 fully saturated rings. The van der Waals surface area contributed by atoms with Gasteiger partial charge in [0.15, 0.2) is 0 Å². The second-order valence-corrected chi connectivity index (χ2v) is 12.0. The molecule has 0 heterocycles. The Morgan fingerprint density at radius 3 is 1.94 bits per heavy atom. The average molecular weight is 698 g/mol. The van der Waals surface area contributed by atoms with Crippen LogP contribution in [-0.4, -0.2) is 88.4 Å². The van der Waals surface area contributed by atoms with Crippen molar-refractivity contribution >= 4 is 41.4 Å². The highest BCUT2D eigenvalue weighted by Gasteiger charge is 2.32. The van der Waals surface area contributed by atoms with Crippen molar-refractivity contribution < 1.29 is 43.8 Å². The van der Waals surface area contributed by atoms with Crippen molar-refractivity contribution in [3.8, 4) is 5.75 Å². The van der Waals surface area contributed by atoms with Gasteiger partial charge in [-0.05, 0) is 48.9 Å². The minimum absolute atomic E-state index is 0.0168. The zero-order chi connectivity index (χ0) is 37.4. The van der Waals surface area contributed by atoms with Crippen molar-refractivity contribution in [2.75, 3.05) is 6.54 Å². The Morgan fingerprint density at radius 1 is 0.740 bits per heavy atom. The van der Waals surface area contributed by atoms with E-state index in [1.807, 2.05) is 0 Å². The number of phenolic OH excluding ortho intramolecular Hbond substituents is 1. The van der Waals surface area contributed by atoms with Gasteiger partial charge in [0.05, 0.1) is 12.6 Å². The third-order valence-corrected chi connectivity index (χ3v) is 7.93. The smallest absolute Gasteiger partial charge is 0.326 e. The molecule has 2 rings (SSSR count). The molecule has 0 saturated carbocycles. The SMILES string of the molecule is CC[C@H](C)[C@H](NC(=O)[C@H](Cc1ccccc1)NC(=O)CNC(=O)[C@H](C)NC(=O)[C@@H](N)Cc1ccc(O)cc1)C(=O)N[C@@H](CCC(N)=O)C(=O)O. The monoisotopic (exact) mass is 697 g/mol. The van der Waals surface area contributed by atoms with Gasteiger partial charge in [0.25, 0.3) is 0 Å². The lowest BCUT2D eigenvalue weighted by Crippen LogP contribution is -2.58. The number of carbonyl (C=O) groups excluding carboxylic acids is 6. The highest BCUT2D eigenvalue weighted by atomic mass is 16.4. The van der Waals surface area contributed by atoms with E-state index >= 15 is 0 Å². The maximum Gasteiger partial charge on any atom is 0.326 e. The number of aliphatic carboxylic acids is 1. The molecule has 0 spiro atoms. The van der Waals surface area contributed by atoms with Crippen molar-refractivity contribution in [2.24, 2.45) is 17.4 Å². The molecule has 0 aliphatic heterocycles. The fourth-order valence-electron chi connectivity index (χ4n) is 4.75. The molecule has 2 aromatic carbocycles. The zero-order valence-corrected chi connectivity index (χ0v) is 28.3. The Hall–Kier alpha value is -5.51. The molecule has 0 bridgehead atoms. The number of primary amides is 1. The van der Waals surface area contributed by atoms with Gasteiger partial charge in [-0.1, -0.05) is 62.7 Å². The van der Waals surface area contributed by atoms with Crippen molar-refractivity contribution in [3.05, 3.63) is 65.7 Å². The highest BCUT2D eigenvalue weighted by molar-refractivity contribution is 5.95. The van der Waals surface area contributed by atoms with Crippen LogP contribution < -0.4 is 38.1 Å². The molecular weight excluding hydrogens is 650 g/mol. The van der Waals surface area contributed by atoms with Crippen LogP contribution in [0, 0.1) is 5.92 Å². The number of carboxylic acid groups (broad SMARTS) is 1. The quantitative estimate of drug-likeness (QED) is 0.0812. The molecule has 16 nitrogen and oxygen atoms in total. The van der Waals surface area contributed by atoms with Gasteiger partial charge < -0.3 is 48.3 Å². The number of benzene rings is 2. The third-order valence-electron chi connectivity index (χ3n) is 7.93. The molecule has 2 aromatic rings. The summed E-state index contributed by atoms with van der Waals surface area (Å²) in [7, 11) is 0. The average Bonchev–Trinajstić information content (AvgIpc) is 3.08. The highest BCUT2D eigenvalue weighted by Crippen LogP contribution is 2.12. The third kappa shape index (κ3) is 13.9. The Bertz CT molecular complexity index is 1490. The van der Waals surface area contributed by atoms with Gasteiger partial charge in [0.1, 0.15) is 29.9 Å². The van der Waals surface area contributed by atoms with Gasteiger partial charge in [0.2, 0.25) is 35.4 Å². The molecule has 0 aliphatic rings. The maximum atomic E-state index is 13.6. The molecule has 0 aromatic heterocycles. The summed E-state index contributed by atoms with van der Waals surface area (Å²) in [5.74, 6) is -6.06. The summed E-state index contributed by atoms with van der Waals surface area (Å²) < 4.78 is 0. The van der Waals surface area contributed by atoms with E-state index in [0.29, 0.717) is 17.5 Å². The van der Waals surface area contributed by atoms with Crippen molar-refractivity contribution in [1.29, 1.82) is 0 Å². The van der Waals surface area contributed by atoms with Gasteiger partial charge in [-0.2, -0.15) is 0 Å². The van der Waals surface area contributed by atoms with Crippen LogP contribution in [0.15, 0.2) is 54.6 Å². The van der Waals surface area contributed by atoms with Crippen molar-refractivity contribution in [1.82, 2.24) is 26.6 Å². The van der Waals surface area contributed by atoms with Crippen LogP contribution >= 0.6 is 0 Å². The summed E-state index contributed by atoms with van der Waals surface area (Å²) >= 11 is 0. The molecule has 0 saturated heterocycles. The number of carbonyl (C=O) groups is 7. The first-order chi connectivity index (χ1) is 23.6. The van der Waals surface area contributed by atoms with Crippen molar-refractivity contribution in [3.63, 3.8) is 0 Å². The Labute approximate surface area is 290 Å². The summed E-state index contributed by atoms with van der Waals surface area (Å²) in [5.41, 5.74) is 12.5. The van der Waals surface area contributed by atoms with Gasteiger partial charge in [-0.15, -0.1) is 0 Å². The van der Waals surface area contributed by atoms with Crippen LogP contribution in [0.2, 0.25) is 0 Å². The summed E-state index contributed by atoms with van der Waals surface area (Å²) in [6.45, 7) is 4.32. The summed E-state index contributed by atoms with van der Waals surface area (Å²) in [4.78, 5) is 87.9. The van der Waals surface area contributed by atoms with E-state index in [0.717, 1.165) is 0 Å². The fraction of sp³-hybridized carbons (Fsp3) is 0.441. The van der Waals surface area contributed by atoms with E-state index in [9.17, 15) is 43.8 Å². The number of nitrogens with one attached hydrogen (secondary N) is 5. The van der Waals surface area contributed by atoms with E-state index in [1.54, 1.807) is 56.3 Å². The van der Waals surface area contributed by atoms with E-state index in [1.165, 1.54) is 19.1 Å². The maximum absolute atomic E-state index is 13.6. The molecule has 6 amide bonds. The lowest BCUT2D eigenvalue weighted by Gasteiger charge is -2.28. The number of phenols is 1. The Kier molecular flexibility index (Phi) is 16.4. The molecule has 0 radical (unpaired) electrons. The molecule has 50 heavy (non-hydrogen) atoms. The van der Waals surface area contributed by atoms with Crippen LogP contribution in [0.4, 0.5) is 0 Å². The molecule has 16 heteroatoms. The fourth-order valence-corrected chi connectivity index (χ4v) is 4.75.